The summed E-state index contributed by atoms with van der Waals surface area (Å²) in [5.41, 5.74) is 2.02. The van der Waals surface area contributed by atoms with Gasteiger partial charge in [-0.15, -0.1) is 34.9 Å². The summed E-state index contributed by atoms with van der Waals surface area (Å²) in [7, 11) is 0. The molecule has 4 nitrogen and oxygen atoms in total. The molecule has 2 heterocycles. The number of aliphatic hydroxyl groups is 1. The van der Waals surface area contributed by atoms with Gasteiger partial charge in [-0.3, -0.25) is 9.78 Å². The van der Waals surface area contributed by atoms with Gasteiger partial charge in [0.05, 0.1) is 11.3 Å². The number of nitrogens with zero attached hydrogens (tertiary/aromatic N) is 2. The second-order valence-corrected chi connectivity index (χ2v) is 11.5. The minimum atomic E-state index is 0. The van der Waals surface area contributed by atoms with Crippen molar-refractivity contribution >= 4 is 70.6 Å². The van der Waals surface area contributed by atoms with Gasteiger partial charge in [0.1, 0.15) is 6.33 Å². The van der Waals surface area contributed by atoms with Gasteiger partial charge in [0.15, 0.2) is 5.78 Å². The molecule has 0 bridgehead atoms. The summed E-state index contributed by atoms with van der Waals surface area (Å²) in [5, 5.41) is 18.3. The van der Waals surface area contributed by atoms with Crippen LogP contribution >= 0.6 is 11.3 Å². The van der Waals surface area contributed by atoms with Gasteiger partial charge in [-0.2, -0.15) is 0 Å². The van der Waals surface area contributed by atoms with E-state index < -0.39 is 0 Å². The molecule has 0 atom stereocenters. The first-order chi connectivity index (χ1) is 18.9. The number of aromatic nitrogens is 2. The third-order valence-electron chi connectivity index (χ3n) is 8.01. The Morgan fingerprint density at radius 2 is 1.65 bits per heavy atom. The van der Waals surface area contributed by atoms with Crippen molar-refractivity contribution < 1.29 is 30.0 Å². The SMILES string of the molecule is CCC(CC)C(=O)/C=C(\O)C(CC)CC.Cc1sc2ccc3ncnc4c5[c-]c6ccccc6cc5c1c2c34.[Ir]. The fourth-order valence-corrected chi connectivity index (χ4v) is 6.79. The van der Waals surface area contributed by atoms with E-state index in [1.54, 1.807) is 6.33 Å². The Labute approximate surface area is 253 Å². The fourth-order valence-electron chi connectivity index (χ4n) is 5.70. The maximum Gasteiger partial charge on any atom is 0.162 e. The van der Waals surface area contributed by atoms with Crippen LogP contribution in [0.3, 0.4) is 0 Å². The van der Waals surface area contributed by atoms with Crippen LogP contribution in [0.2, 0.25) is 0 Å². The standard InChI is InChI=1S/C21H11N2S.C13H24O2.Ir/c1-11-18-14-8-12-4-2-3-5-13(12)9-15(14)21-19-16(22-10-23-21)6-7-17(24-11)20(18)19;1-5-10(6-2)12(14)9-13(15)11(7-3)8-4;/h2-8,10H,1H3;9-11,14H,5-8H2,1-4H3;/q-1;;/b;12-9-;. The summed E-state index contributed by atoms with van der Waals surface area (Å²) < 4.78 is 1.31. The molecule has 0 spiro atoms. The minimum Gasteiger partial charge on any atom is -0.512 e. The van der Waals surface area contributed by atoms with E-state index in [9.17, 15) is 9.90 Å². The Balaban J connectivity index is 0.000000204. The third-order valence-corrected chi connectivity index (χ3v) is 9.08. The van der Waals surface area contributed by atoms with Gasteiger partial charge >= 0.3 is 0 Å². The number of hydrogen-bond donors (Lipinski definition) is 1. The molecular weight excluding hydrogens is 693 g/mol. The van der Waals surface area contributed by atoms with Crippen LogP contribution in [0.4, 0.5) is 0 Å². The number of carbonyl (C=O) groups is 1. The molecule has 0 saturated heterocycles. The first kappa shape index (κ1) is 30.0. The van der Waals surface area contributed by atoms with Crippen molar-refractivity contribution in [3.63, 3.8) is 0 Å². The maximum atomic E-state index is 11.7. The number of carbonyl (C=O) groups excluding carboxylic acids is 1. The van der Waals surface area contributed by atoms with Crippen molar-refractivity contribution in [2.75, 3.05) is 0 Å². The van der Waals surface area contributed by atoms with Crippen LogP contribution in [0.15, 0.2) is 60.6 Å². The first-order valence-corrected chi connectivity index (χ1v) is 14.8. The molecule has 1 N–H and O–H groups in total. The van der Waals surface area contributed by atoms with Crippen molar-refractivity contribution in [3.8, 4) is 0 Å². The van der Waals surface area contributed by atoms with Gasteiger partial charge in [0.25, 0.3) is 0 Å². The van der Waals surface area contributed by atoms with Crippen LogP contribution < -0.4 is 0 Å². The molecule has 1 radical (unpaired) electrons. The number of fused-ring (bicyclic) bond motifs is 4. The van der Waals surface area contributed by atoms with Crippen LogP contribution in [0.5, 0.6) is 0 Å². The van der Waals surface area contributed by atoms with E-state index in [1.165, 1.54) is 42.6 Å². The average Bonchev–Trinajstić information content (AvgIpc) is 3.30. The molecule has 0 saturated carbocycles. The molecule has 4 aromatic carbocycles. The molecule has 2 aromatic heterocycles. The molecule has 0 aliphatic rings. The van der Waals surface area contributed by atoms with Crippen molar-refractivity contribution in [2.24, 2.45) is 11.8 Å². The third kappa shape index (κ3) is 5.37. The molecule has 6 heteroatoms. The largest absolute Gasteiger partial charge is 0.512 e. The van der Waals surface area contributed by atoms with Gasteiger partial charge in [-0.25, -0.2) is 4.98 Å². The number of benzene rings is 4. The Morgan fingerprint density at radius 1 is 0.950 bits per heavy atom. The van der Waals surface area contributed by atoms with Crippen LogP contribution in [0, 0.1) is 24.8 Å². The minimum absolute atomic E-state index is 0. The van der Waals surface area contributed by atoms with Gasteiger partial charge < -0.3 is 5.11 Å². The van der Waals surface area contributed by atoms with Crippen molar-refractivity contribution in [1.29, 1.82) is 0 Å². The maximum absolute atomic E-state index is 11.7. The molecule has 6 aromatic rings. The van der Waals surface area contributed by atoms with Crippen molar-refractivity contribution in [2.45, 2.75) is 60.3 Å². The van der Waals surface area contributed by atoms with E-state index in [2.05, 4.69) is 65.4 Å². The zero-order valence-electron chi connectivity index (χ0n) is 23.7. The van der Waals surface area contributed by atoms with Gasteiger partial charge in [-0.05, 0) is 55.5 Å². The smallest absolute Gasteiger partial charge is 0.162 e. The Kier molecular flexibility index (Phi) is 9.56. The van der Waals surface area contributed by atoms with Gasteiger partial charge in [0, 0.05) is 58.5 Å². The number of thiophene rings is 1. The second kappa shape index (κ2) is 12.7. The van der Waals surface area contributed by atoms with E-state index in [0.29, 0.717) is 0 Å². The molecule has 0 unspecified atom stereocenters. The Bertz CT molecular complexity index is 1820. The van der Waals surface area contributed by atoms with Crippen LogP contribution in [-0.4, -0.2) is 20.9 Å². The Hall–Kier alpha value is -2.92. The number of allylic oxidation sites excluding steroid dienone is 2. The summed E-state index contributed by atoms with van der Waals surface area (Å²) in [6, 6.07) is 18.6. The van der Waals surface area contributed by atoms with Crippen LogP contribution in [0.25, 0.3) is 53.4 Å². The van der Waals surface area contributed by atoms with E-state index in [0.717, 1.165) is 47.5 Å². The number of hydrogen-bond acceptors (Lipinski definition) is 5. The predicted molar refractivity (Wildman–Crippen MR) is 166 cm³/mol. The van der Waals surface area contributed by atoms with Gasteiger partial charge in [0.2, 0.25) is 0 Å². The number of aliphatic hydroxyl groups excluding tert-OH is 1. The Morgan fingerprint density at radius 3 is 2.35 bits per heavy atom. The number of rotatable bonds is 7. The zero-order valence-corrected chi connectivity index (χ0v) is 26.9. The molecule has 6 rings (SSSR count). The summed E-state index contributed by atoms with van der Waals surface area (Å²) in [6.07, 6.45) is 6.57. The quantitative estimate of drug-likeness (QED) is 0.0585. The van der Waals surface area contributed by atoms with Crippen molar-refractivity contribution in [1.82, 2.24) is 9.97 Å². The molecule has 0 aliphatic carbocycles. The van der Waals surface area contributed by atoms with E-state index >= 15 is 0 Å². The van der Waals surface area contributed by atoms with E-state index in [4.69, 9.17) is 0 Å². The van der Waals surface area contributed by atoms with Crippen LogP contribution in [0.1, 0.15) is 58.3 Å². The number of aryl methyl sites for hydroxylation is 1. The zero-order chi connectivity index (χ0) is 27.7. The average molecular weight is 728 g/mol. The topological polar surface area (TPSA) is 63.1 Å². The summed E-state index contributed by atoms with van der Waals surface area (Å²) >= 11 is 1.85. The fraction of sp³-hybridized carbons (Fsp3) is 0.324. The van der Waals surface area contributed by atoms with E-state index in [-0.39, 0.29) is 43.5 Å². The second-order valence-electron chi connectivity index (χ2n) is 10.2. The first-order valence-electron chi connectivity index (χ1n) is 14.0. The summed E-state index contributed by atoms with van der Waals surface area (Å²) in [5.74, 6) is 0.547. The normalized spacial score (nSPS) is 12.1. The molecule has 0 fully saturated rings. The van der Waals surface area contributed by atoms with Gasteiger partial charge in [-0.1, -0.05) is 62.1 Å². The van der Waals surface area contributed by atoms with E-state index in [1.807, 2.05) is 39.0 Å². The van der Waals surface area contributed by atoms with Crippen LogP contribution in [-0.2, 0) is 24.9 Å². The molecule has 0 aliphatic heterocycles. The molecular formula is C34H35IrN2O2S-. The summed E-state index contributed by atoms with van der Waals surface area (Å²) in [4.78, 5) is 22.2. The monoisotopic (exact) mass is 728 g/mol. The molecule has 40 heavy (non-hydrogen) atoms. The summed E-state index contributed by atoms with van der Waals surface area (Å²) in [6.45, 7) is 10.3. The predicted octanol–water partition coefficient (Wildman–Crippen LogP) is 9.72. The number of ketones is 1. The molecule has 209 valence electrons. The molecule has 0 amide bonds. The van der Waals surface area contributed by atoms with Crippen molar-refractivity contribution in [3.05, 3.63) is 71.6 Å².